The Balaban J connectivity index is 1.68. The van der Waals surface area contributed by atoms with Crippen LogP contribution in [0.25, 0.3) is 0 Å². The minimum absolute atomic E-state index is 0.171. The van der Waals surface area contributed by atoms with E-state index in [1.54, 1.807) is 6.07 Å². The summed E-state index contributed by atoms with van der Waals surface area (Å²) in [4.78, 5) is 0. The molecule has 2 fully saturated rings. The van der Waals surface area contributed by atoms with Crippen LogP contribution in [0.1, 0.15) is 83.8 Å². The van der Waals surface area contributed by atoms with Gasteiger partial charge in [0.1, 0.15) is 5.75 Å². The molecule has 0 bridgehead atoms. The smallest absolute Gasteiger partial charge is 0.115 e. The van der Waals surface area contributed by atoms with E-state index in [1.165, 1.54) is 42.4 Å². The molecule has 0 spiro atoms. The first-order valence-electron chi connectivity index (χ1n) is 12.3. The summed E-state index contributed by atoms with van der Waals surface area (Å²) in [5.74, 6) is 3.43. The monoisotopic (exact) mass is 412 g/mol. The van der Waals surface area contributed by atoms with E-state index in [0.29, 0.717) is 28.9 Å². The largest absolute Gasteiger partial charge is 0.508 e. The van der Waals surface area contributed by atoms with E-state index in [1.807, 2.05) is 12.1 Å². The minimum Gasteiger partial charge on any atom is -0.508 e. The van der Waals surface area contributed by atoms with Crippen LogP contribution < -0.4 is 0 Å². The van der Waals surface area contributed by atoms with Crippen LogP contribution in [0.2, 0.25) is 0 Å². The van der Waals surface area contributed by atoms with Gasteiger partial charge in [-0.2, -0.15) is 0 Å². The molecule has 168 valence electrons. The zero-order valence-electron chi connectivity index (χ0n) is 20.0. The third kappa shape index (κ3) is 4.79. The van der Waals surface area contributed by atoms with Gasteiger partial charge in [-0.25, -0.2) is 0 Å². The number of benzene rings is 1. The van der Waals surface area contributed by atoms with Crippen molar-refractivity contribution in [2.24, 2.45) is 35.0 Å². The van der Waals surface area contributed by atoms with Crippen LogP contribution in [0.4, 0.5) is 0 Å². The second-order valence-corrected chi connectivity index (χ2v) is 11.0. The number of aliphatic hydroxyl groups is 1. The lowest BCUT2D eigenvalue weighted by molar-refractivity contribution is -0.0527. The molecule has 1 unspecified atom stereocenters. The standard InChI is InChI=1S/C28H44O2/c1-18(2)19(3)7-8-21(5)25-13-14-26-24(27(30)15-16-28(25,26)6)12-10-22-17-23(29)11-9-20(22)4/h9,11,17-18,21,24-27,29-30H,3,7-8,10,12-16H2,1-2,4-6H3/t21?,24-,25+,26-,27+,28+/m0/s1. The molecule has 0 saturated heterocycles. The fourth-order valence-electron chi connectivity index (χ4n) is 6.79. The Hall–Kier alpha value is -1.28. The van der Waals surface area contributed by atoms with Crippen LogP contribution in [0.5, 0.6) is 5.75 Å². The van der Waals surface area contributed by atoms with Gasteiger partial charge in [-0.05, 0) is 117 Å². The van der Waals surface area contributed by atoms with Gasteiger partial charge in [-0.15, -0.1) is 0 Å². The lowest BCUT2D eigenvalue weighted by atomic mass is 9.57. The van der Waals surface area contributed by atoms with Crippen molar-refractivity contribution in [3.63, 3.8) is 0 Å². The molecule has 2 aliphatic carbocycles. The van der Waals surface area contributed by atoms with Crippen LogP contribution in [-0.2, 0) is 6.42 Å². The van der Waals surface area contributed by atoms with Crippen molar-refractivity contribution in [1.82, 2.24) is 0 Å². The Bertz CT molecular complexity index is 736. The molecule has 2 saturated carbocycles. The number of fused-ring (bicyclic) bond motifs is 1. The second-order valence-electron chi connectivity index (χ2n) is 11.0. The lowest BCUT2D eigenvalue weighted by Crippen LogP contribution is -2.45. The Morgan fingerprint density at radius 2 is 1.93 bits per heavy atom. The molecular weight excluding hydrogens is 368 g/mol. The van der Waals surface area contributed by atoms with Crippen molar-refractivity contribution in [2.45, 2.75) is 92.1 Å². The zero-order chi connectivity index (χ0) is 22.1. The summed E-state index contributed by atoms with van der Waals surface area (Å²) in [7, 11) is 0. The van der Waals surface area contributed by atoms with Gasteiger partial charge < -0.3 is 10.2 Å². The second kappa shape index (κ2) is 9.47. The summed E-state index contributed by atoms with van der Waals surface area (Å²) in [5, 5.41) is 20.8. The van der Waals surface area contributed by atoms with Crippen molar-refractivity contribution in [3.05, 3.63) is 41.5 Å². The van der Waals surface area contributed by atoms with Gasteiger partial charge in [-0.3, -0.25) is 0 Å². The number of rotatable bonds is 8. The third-order valence-corrected chi connectivity index (χ3v) is 8.98. The average Bonchev–Trinajstić information content (AvgIpc) is 3.05. The third-order valence-electron chi connectivity index (χ3n) is 8.98. The van der Waals surface area contributed by atoms with Crippen LogP contribution in [0.15, 0.2) is 30.4 Å². The van der Waals surface area contributed by atoms with Gasteiger partial charge >= 0.3 is 0 Å². The van der Waals surface area contributed by atoms with Crippen molar-refractivity contribution in [2.75, 3.05) is 0 Å². The number of hydrogen-bond donors (Lipinski definition) is 2. The zero-order valence-corrected chi connectivity index (χ0v) is 20.0. The Morgan fingerprint density at radius 3 is 2.63 bits per heavy atom. The van der Waals surface area contributed by atoms with Crippen molar-refractivity contribution in [1.29, 1.82) is 0 Å². The molecule has 0 aliphatic heterocycles. The molecule has 30 heavy (non-hydrogen) atoms. The first kappa shape index (κ1) is 23.4. The predicted octanol–water partition coefficient (Wildman–Crippen LogP) is 7.07. The molecule has 3 rings (SSSR count). The molecule has 0 heterocycles. The molecule has 0 aromatic heterocycles. The molecule has 0 radical (unpaired) electrons. The number of allylic oxidation sites excluding steroid dienone is 1. The van der Waals surface area contributed by atoms with Gasteiger partial charge in [0.05, 0.1) is 6.10 Å². The van der Waals surface area contributed by atoms with E-state index in [9.17, 15) is 10.2 Å². The first-order chi connectivity index (χ1) is 14.1. The van der Waals surface area contributed by atoms with E-state index in [0.717, 1.165) is 37.5 Å². The molecule has 2 heteroatoms. The Morgan fingerprint density at radius 1 is 1.20 bits per heavy atom. The summed E-state index contributed by atoms with van der Waals surface area (Å²) in [6.45, 7) is 15.9. The minimum atomic E-state index is -0.171. The van der Waals surface area contributed by atoms with Gasteiger partial charge in [-0.1, -0.05) is 45.9 Å². The maximum Gasteiger partial charge on any atom is 0.115 e. The number of aliphatic hydroxyl groups excluding tert-OH is 1. The normalized spacial score (nSPS) is 32.2. The summed E-state index contributed by atoms with van der Waals surface area (Å²) >= 11 is 0. The highest BCUT2D eigenvalue weighted by Gasteiger charge is 2.54. The quantitative estimate of drug-likeness (QED) is 0.448. The van der Waals surface area contributed by atoms with Crippen molar-refractivity contribution in [3.8, 4) is 5.75 Å². The van der Waals surface area contributed by atoms with E-state index in [-0.39, 0.29) is 6.10 Å². The van der Waals surface area contributed by atoms with Gasteiger partial charge in [0, 0.05) is 0 Å². The van der Waals surface area contributed by atoms with E-state index in [4.69, 9.17) is 0 Å². The van der Waals surface area contributed by atoms with Gasteiger partial charge in [0.15, 0.2) is 0 Å². The Kier molecular flexibility index (Phi) is 7.38. The highest BCUT2D eigenvalue weighted by Crippen LogP contribution is 2.60. The number of phenols is 1. The Labute approximate surface area is 184 Å². The highest BCUT2D eigenvalue weighted by atomic mass is 16.3. The topological polar surface area (TPSA) is 40.5 Å². The molecular formula is C28H44O2. The highest BCUT2D eigenvalue weighted by molar-refractivity contribution is 5.34. The number of aromatic hydroxyl groups is 1. The summed E-state index contributed by atoms with van der Waals surface area (Å²) in [6.07, 6.45) is 8.88. The fraction of sp³-hybridized carbons (Fsp3) is 0.714. The van der Waals surface area contributed by atoms with Crippen molar-refractivity contribution < 1.29 is 10.2 Å². The molecule has 0 amide bonds. The maximum absolute atomic E-state index is 10.9. The van der Waals surface area contributed by atoms with Crippen LogP contribution in [-0.4, -0.2) is 16.3 Å². The molecule has 2 N–H and O–H groups in total. The number of hydrogen-bond acceptors (Lipinski definition) is 2. The molecule has 2 aliphatic rings. The SMILES string of the molecule is C=C(CCC(C)[C@H]1CC[C@H]2[C@H](CCc3cc(O)ccc3C)[C@H](O)CC[C@]12C)C(C)C. The van der Waals surface area contributed by atoms with Crippen LogP contribution in [0, 0.1) is 41.9 Å². The summed E-state index contributed by atoms with van der Waals surface area (Å²) in [6, 6.07) is 5.68. The number of phenolic OH excluding ortho intramolecular Hbond substituents is 1. The molecule has 2 nitrogen and oxygen atoms in total. The first-order valence-corrected chi connectivity index (χ1v) is 12.3. The fourth-order valence-corrected chi connectivity index (χ4v) is 6.79. The van der Waals surface area contributed by atoms with E-state index in [2.05, 4.69) is 41.2 Å². The van der Waals surface area contributed by atoms with Gasteiger partial charge in [0.25, 0.3) is 0 Å². The molecule has 1 aromatic carbocycles. The molecule has 1 aromatic rings. The summed E-state index contributed by atoms with van der Waals surface area (Å²) in [5.41, 5.74) is 4.21. The van der Waals surface area contributed by atoms with Crippen LogP contribution >= 0.6 is 0 Å². The van der Waals surface area contributed by atoms with Crippen LogP contribution in [0.3, 0.4) is 0 Å². The average molecular weight is 413 g/mol. The molecule has 6 atom stereocenters. The predicted molar refractivity (Wildman–Crippen MR) is 127 cm³/mol. The van der Waals surface area contributed by atoms with Crippen molar-refractivity contribution >= 4 is 0 Å². The maximum atomic E-state index is 10.9. The summed E-state index contributed by atoms with van der Waals surface area (Å²) < 4.78 is 0. The lowest BCUT2D eigenvalue weighted by Gasteiger charge is -2.49. The van der Waals surface area contributed by atoms with E-state index < -0.39 is 0 Å². The van der Waals surface area contributed by atoms with E-state index >= 15 is 0 Å². The number of aryl methyl sites for hydroxylation is 2. The van der Waals surface area contributed by atoms with Gasteiger partial charge in [0.2, 0.25) is 0 Å².